The Morgan fingerprint density at radius 2 is 1.70 bits per heavy atom. The number of rotatable bonds is 5. The molecule has 0 radical (unpaired) electrons. The lowest BCUT2D eigenvalue weighted by atomic mass is 9.93. The molecule has 2 aliphatic heterocycles. The molecule has 27 heavy (non-hydrogen) atoms. The van der Waals surface area contributed by atoms with E-state index in [-0.39, 0.29) is 5.84 Å². The average Bonchev–Trinajstić information content (AvgIpc) is 2.72. The molecular formula is C19H29N5O3. The average molecular weight is 375 g/mol. The summed E-state index contributed by atoms with van der Waals surface area (Å²) in [5.74, 6) is 0.769. The number of anilines is 1. The van der Waals surface area contributed by atoms with Gasteiger partial charge in [-0.25, -0.2) is 4.79 Å². The predicted octanol–water partition coefficient (Wildman–Crippen LogP) is 1.68. The minimum absolute atomic E-state index is 0.126. The number of amides is 1. The summed E-state index contributed by atoms with van der Waals surface area (Å²) in [6, 6.07) is 7.78. The van der Waals surface area contributed by atoms with Crippen molar-refractivity contribution in [2.45, 2.75) is 19.3 Å². The van der Waals surface area contributed by atoms with Crippen molar-refractivity contribution in [2.75, 3.05) is 50.7 Å². The van der Waals surface area contributed by atoms with Gasteiger partial charge in [-0.15, -0.1) is 0 Å². The molecule has 8 heteroatoms. The number of hydrogen-bond acceptors (Lipinski definition) is 5. The van der Waals surface area contributed by atoms with Crippen LogP contribution in [0.15, 0.2) is 29.4 Å². The van der Waals surface area contributed by atoms with E-state index in [1.54, 1.807) is 0 Å². The topological polar surface area (TPSA) is 106 Å². The molecule has 8 nitrogen and oxygen atoms in total. The highest BCUT2D eigenvalue weighted by molar-refractivity contribution is 5.97. The van der Waals surface area contributed by atoms with Gasteiger partial charge in [0.15, 0.2) is 5.84 Å². The molecule has 0 saturated carbocycles. The van der Waals surface area contributed by atoms with Crippen LogP contribution < -0.4 is 10.6 Å². The van der Waals surface area contributed by atoms with Crippen LogP contribution in [-0.2, 0) is 0 Å². The molecule has 0 aromatic heterocycles. The number of amidine groups is 1. The first-order chi connectivity index (χ1) is 13.1. The molecule has 2 fully saturated rings. The Kier molecular flexibility index (Phi) is 6.39. The molecule has 0 spiro atoms. The molecule has 0 atom stereocenters. The number of carboxylic acid groups (broad SMARTS) is 1. The summed E-state index contributed by atoms with van der Waals surface area (Å²) in [6.07, 6.45) is 2.34. The number of piperidine rings is 1. The summed E-state index contributed by atoms with van der Waals surface area (Å²) in [7, 11) is 0. The monoisotopic (exact) mass is 375 g/mol. The van der Waals surface area contributed by atoms with Crippen LogP contribution in [0.2, 0.25) is 0 Å². The number of carbonyl (C=O) groups is 1. The summed E-state index contributed by atoms with van der Waals surface area (Å²) in [5, 5.41) is 20.8. The van der Waals surface area contributed by atoms with E-state index in [2.05, 4.69) is 15.0 Å². The molecule has 3 rings (SSSR count). The first-order valence-electron chi connectivity index (χ1n) is 9.60. The number of likely N-dealkylation sites (tertiary alicyclic amines) is 1. The number of benzene rings is 1. The second-order valence-electron chi connectivity index (χ2n) is 7.36. The maximum absolute atomic E-state index is 11.0. The fraction of sp³-hybridized carbons (Fsp3) is 0.579. The van der Waals surface area contributed by atoms with Crippen molar-refractivity contribution in [3.8, 4) is 0 Å². The Morgan fingerprint density at radius 3 is 2.26 bits per heavy atom. The molecule has 4 N–H and O–H groups in total. The number of piperazine rings is 1. The third kappa shape index (κ3) is 5.03. The van der Waals surface area contributed by atoms with Crippen LogP contribution in [0.4, 0.5) is 10.5 Å². The molecule has 1 amide bonds. The van der Waals surface area contributed by atoms with Gasteiger partial charge in [0.1, 0.15) is 0 Å². The highest BCUT2D eigenvalue weighted by atomic mass is 16.4. The predicted molar refractivity (Wildman–Crippen MR) is 105 cm³/mol. The second kappa shape index (κ2) is 8.94. The second-order valence-corrected chi connectivity index (χ2v) is 7.36. The van der Waals surface area contributed by atoms with Crippen molar-refractivity contribution < 1.29 is 15.1 Å². The van der Waals surface area contributed by atoms with Crippen molar-refractivity contribution in [1.29, 1.82) is 0 Å². The van der Waals surface area contributed by atoms with Gasteiger partial charge in [0.2, 0.25) is 0 Å². The van der Waals surface area contributed by atoms with Crippen molar-refractivity contribution in [3.63, 3.8) is 0 Å². The van der Waals surface area contributed by atoms with Crippen LogP contribution in [0.1, 0.15) is 24.8 Å². The SMILES string of the molecule is N/C(=N\O)c1ccc(N2CCN(CCC3CCN(C(=O)O)CC3)CC2)cc1. The van der Waals surface area contributed by atoms with Crippen LogP contribution in [0, 0.1) is 5.92 Å². The summed E-state index contributed by atoms with van der Waals surface area (Å²) >= 11 is 0. The number of nitrogens with zero attached hydrogens (tertiary/aromatic N) is 4. The van der Waals surface area contributed by atoms with Crippen molar-refractivity contribution >= 4 is 17.6 Å². The molecule has 2 saturated heterocycles. The fourth-order valence-corrected chi connectivity index (χ4v) is 3.91. The van der Waals surface area contributed by atoms with Gasteiger partial charge in [-0.3, -0.25) is 4.90 Å². The Hall–Kier alpha value is -2.48. The maximum Gasteiger partial charge on any atom is 0.407 e. The molecule has 1 aromatic carbocycles. The molecule has 0 aliphatic carbocycles. The van der Waals surface area contributed by atoms with Gasteiger partial charge in [0.05, 0.1) is 0 Å². The molecule has 2 heterocycles. The van der Waals surface area contributed by atoms with Gasteiger partial charge < -0.3 is 25.8 Å². The molecular weight excluding hydrogens is 346 g/mol. The summed E-state index contributed by atoms with van der Waals surface area (Å²) in [5.41, 5.74) is 7.48. The van der Waals surface area contributed by atoms with Crippen LogP contribution in [0.3, 0.4) is 0 Å². The summed E-state index contributed by atoms with van der Waals surface area (Å²) in [6.45, 7) is 6.49. The fourth-order valence-electron chi connectivity index (χ4n) is 3.91. The lowest BCUT2D eigenvalue weighted by Gasteiger charge is -2.37. The van der Waals surface area contributed by atoms with Crippen LogP contribution in [-0.4, -0.2) is 77.9 Å². The molecule has 1 aromatic rings. The van der Waals surface area contributed by atoms with Crippen molar-refractivity contribution in [2.24, 2.45) is 16.8 Å². The summed E-state index contributed by atoms with van der Waals surface area (Å²) in [4.78, 5) is 17.4. The van der Waals surface area contributed by atoms with Gasteiger partial charge in [-0.1, -0.05) is 5.16 Å². The lowest BCUT2D eigenvalue weighted by Crippen LogP contribution is -2.47. The van der Waals surface area contributed by atoms with Crippen molar-refractivity contribution in [1.82, 2.24) is 9.80 Å². The smallest absolute Gasteiger partial charge is 0.407 e. The molecule has 148 valence electrons. The molecule has 2 aliphatic rings. The van der Waals surface area contributed by atoms with E-state index in [0.717, 1.165) is 57.7 Å². The van der Waals surface area contributed by atoms with Crippen LogP contribution in [0.5, 0.6) is 0 Å². The zero-order chi connectivity index (χ0) is 19.2. The number of hydrogen-bond donors (Lipinski definition) is 3. The van der Waals surface area contributed by atoms with Gasteiger partial charge >= 0.3 is 6.09 Å². The van der Waals surface area contributed by atoms with Gasteiger partial charge in [-0.05, 0) is 56.0 Å². The van der Waals surface area contributed by atoms with E-state index in [9.17, 15) is 4.79 Å². The van der Waals surface area contributed by atoms with E-state index in [0.29, 0.717) is 24.6 Å². The Labute approximate surface area is 159 Å². The Morgan fingerprint density at radius 1 is 1.07 bits per heavy atom. The highest BCUT2D eigenvalue weighted by Crippen LogP contribution is 2.22. The van der Waals surface area contributed by atoms with E-state index in [4.69, 9.17) is 16.0 Å². The highest BCUT2D eigenvalue weighted by Gasteiger charge is 2.23. The zero-order valence-electron chi connectivity index (χ0n) is 15.6. The van der Waals surface area contributed by atoms with Gasteiger partial charge in [0.25, 0.3) is 0 Å². The van der Waals surface area contributed by atoms with Crippen molar-refractivity contribution in [3.05, 3.63) is 29.8 Å². The first kappa shape index (κ1) is 19.3. The minimum atomic E-state index is -0.788. The van der Waals surface area contributed by atoms with E-state index in [1.807, 2.05) is 24.3 Å². The lowest BCUT2D eigenvalue weighted by molar-refractivity contribution is 0.119. The third-order valence-electron chi connectivity index (χ3n) is 5.75. The van der Waals surface area contributed by atoms with Gasteiger partial charge in [0, 0.05) is 50.5 Å². The molecule has 0 unspecified atom stereocenters. The van der Waals surface area contributed by atoms with Crippen LogP contribution in [0.25, 0.3) is 0 Å². The first-order valence-corrected chi connectivity index (χ1v) is 9.60. The number of oxime groups is 1. The third-order valence-corrected chi connectivity index (χ3v) is 5.75. The standard InChI is InChI=1S/C19H29N5O3/c20-18(21-27)16-1-3-17(4-2-16)23-13-11-22(12-14-23)8-5-15-6-9-24(10-7-15)19(25)26/h1-4,15,27H,5-14H2,(H2,20,21)(H,25,26). The Balaban J connectivity index is 1.40. The van der Waals surface area contributed by atoms with E-state index in [1.165, 1.54) is 4.90 Å². The minimum Gasteiger partial charge on any atom is -0.465 e. The quantitative estimate of drug-likeness (QED) is 0.313. The maximum atomic E-state index is 11.0. The summed E-state index contributed by atoms with van der Waals surface area (Å²) < 4.78 is 0. The largest absolute Gasteiger partial charge is 0.465 e. The van der Waals surface area contributed by atoms with Gasteiger partial charge in [-0.2, -0.15) is 0 Å². The number of nitrogens with two attached hydrogens (primary N) is 1. The zero-order valence-corrected chi connectivity index (χ0v) is 15.6. The molecule has 0 bridgehead atoms. The Bertz CT molecular complexity index is 648. The van der Waals surface area contributed by atoms with E-state index >= 15 is 0 Å². The van der Waals surface area contributed by atoms with E-state index < -0.39 is 6.09 Å². The normalized spacial score (nSPS) is 20.1. The van der Waals surface area contributed by atoms with Crippen LogP contribution >= 0.6 is 0 Å².